The molecule has 0 amide bonds. The summed E-state index contributed by atoms with van der Waals surface area (Å²) in [7, 11) is 0. The molecule has 2 rings (SSSR count). The van der Waals surface area contributed by atoms with Gasteiger partial charge in [-0.25, -0.2) is 13.6 Å². The van der Waals surface area contributed by atoms with E-state index in [-0.39, 0.29) is 17.1 Å². The molecule has 0 fully saturated rings. The molecule has 0 aliphatic heterocycles. The van der Waals surface area contributed by atoms with Gasteiger partial charge in [-0.3, -0.25) is 0 Å². The first-order chi connectivity index (χ1) is 9.08. The van der Waals surface area contributed by atoms with Crippen molar-refractivity contribution in [2.45, 2.75) is 10.6 Å². The largest absolute Gasteiger partial charge is 0.478 e. The average molecular weight is 280 g/mol. The van der Waals surface area contributed by atoms with Crippen molar-refractivity contribution in [3.8, 4) is 0 Å². The molecule has 2 aromatic rings. The molecule has 0 saturated carbocycles. The third-order valence-corrected chi connectivity index (χ3v) is 3.62. The molecule has 1 N–H and O–H groups in total. The minimum absolute atomic E-state index is 0.0999. The fraction of sp³-hybridized carbons (Fsp3) is 0.0714. The topological polar surface area (TPSA) is 37.3 Å². The van der Waals surface area contributed by atoms with Gasteiger partial charge in [-0.2, -0.15) is 0 Å². The van der Waals surface area contributed by atoms with Crippen molar-refractivity contribution in [3.05, 3.63) is 65.2 Å². The molecule has 0 atom stereocenters. The predicted molar refractivity (Wildman–Crippen MR) is 69.3 cm³/mol. The molecule has 0 saturated heterocycles. The zero-order chi connectivity index (χ0) is 13.8. The Labute approximate surface area is 113 Å². The zero-order valence-electron chi connectivity index (χ0n) is 9.77. The highest BCUT2D eigenvalue weighted by Gasteiger charge is 2.09. The Balaban J connectivity index is 2.12. The lowest BCUT2D eigenvalue weighted by molar-refractivity contribution is 0.0696. The Morgan fingerprint density at radius 2 is 1.84 bits per heavy atom. The van der Waals surface area contributed by atoms with Gasteiger partial charge < -0.3 is 5.11 Å². The number of benzene rings is 2. The normalized spacial score (nSPS) is 10.4. The summed E-state index contributed by atoms with van der Waals surface area (Å²) in [5.74, 6) is -1.88. The van der Waals surface area contributed by atoms with E-state index in [9.17, 15) is 13.6 Å². The molecule has 0 spiro atoms. The summed E-state index contributed by atoms with van der Waals surface area (Å²) in [5, 5.41) is 8.72. The summed E-state index contributed by atoms with van der Waals surface area (Å²) in [4.78, 5) is 11.1. The summed E-state index contributed by atoms with van der Waals surface area (Å²) < 4.78 is 27.0. The maximum atomic E-state index is 13.6. The first kappa shape index (κ1) is 13.5. The molecule has 0 aliphatic carbocycles. The van der Waals surface area contributed by atoms with E-state index in [0.717, 1.165) is 6.07 Å². The minimum Gasteiger partial charge on any atom is -0.478 e. The number of hydrogen-bond acceptors (Lipinski definition) is 2. The molecule has 0 aliphatic rings. The standard InChI is InChI=1S/C14H10F2O2S/c15-11-3-1-2-4-13(11)19-8-10-6-5-9(14(17)18)7-12(10)16/h1-7H,8H2,(H,17,18). The van der Waals surface area contributed by atoms with Gasteiger partial charge in [0.05, 0.1) is 5.56 Å². The molecule has 0 bridgehead atoms. The van der Waals surface area contributed by atoms with E-state index in [1.165, 1.54) is 30.0 Å². The van der Waals surface area contributed by atoms with Crippen molar-refractivity contribution in [1.82, 2.24) is 0 Å². The SMILES string of the molecule is O=C(O)c1ccc(CSc2ccccc2F)c(F)c1. The maximum absolute atomic E-state index is 13.6. The van der Waals surface area contributed by atoms with Gasteiger partial charge in [0.25, 0.3) is 0 Å². The van der Waals surface area contributed by atoms with Crippen molar-refractivity contribution in [3.63, 3.8) is 0 Å². The van der Waals surface area contributed by atoms with E-state index in [2.05, 4.69) is 0 Å². The van der Waals surface area contributed by atoms with E-state index in [1.54, 1.807) is 18.2 Å². The number of aromatic carboxylic acids is 1. The molecular weight excluding hydrogens is 270 g/mol. The Morgan fingerprint density at radius 3 is 2.47 bits per heavy atom. The summed E-state index contributed by atoms with van der Waals surface area (Å²) in [6.45, 7) is 0. The van der Waals surface area contributed by atoms with E-state index >= 15 is 0 Å². The number of hydrogen-bond donors (Lipinski definition) is 1. The Morgan fingerprint density at radius 1 is 1.11 bits per heavy atom. The Hall–Kier alpha value is -1.88. The number of carboxylic acids is 1. The molecule has 0 aromatic heterocycles. The fourth-order valence-electron chi connectivity index (χ4n) is 1.51. The van der Waals surface area contributed by atoms with Crippen molar-refractivity contribution >= 4 is 17.7 Å². The summed E-state index contributed by atoms with van der Waals surface area (Å²) in [6, 6.07) is 9.96. The van der Waals surface area contributed by atoms with Crippen LogP contribution in [0.15, 0.2) is 47.4 Å². The first-order valence-corrected chi connectivity index (χ1v) is 6.45. The Bertz CT molecular complexity index is 614. The number of halogens is 2. The van der Waals surface area contributed by atoms with Crippen molar-refractivity contribution in [2.75, 3.05) is 0 Å². The van der Waals surface area contributed by atoms with Gasteiger partial charge in [-0.05, 0) is 29.8 Å². The molecule has 98 valence electrons. The first-order valence-electron chi connectivity index (χ1n) is 5.47. The van der Waals surface area contributed by atoms with Crippen LogP contribution in [0.3, 0.4) is 0 Å². The van der Waals surface area contributed by atoms with Gasteiger partial charge >= 0.3 is 5.97 Å². The number of carboxylic acid groups (broad SMARTS) is 1. The van der Waals surface area contributed by atoms with Gasteiger partial charge in [0.2, 0.25) is 0 Å². The molecular formula is C14H10F2O2S. The molecule has 2 nitrogen and oxygen atoms in total. The van der Waals surface area contributed by atoms with E-state index in [4.69, 9.17) is 5.11 Å². The highest BCUT2D eigenvalue weighted by atomic mass is 32.2. The van der Waals surface area contributed by atoms with Crippen molar-refractivity contribution < 1.29 is 18.7 Å². The third kappa shape index (κ3) is 3.32. The summed E-state index contributed by atoms with van der Waals surface area (Å²) in [6.07, 6.45) is 0. The van der Waals surface area contributed by atoms with Crippen LogP contribution >= 0.6 is 11.8 Å². The second-order valence-electron chi connectivity index (χ2n) is 3.83. The highest BCUT2D eigenvalue weighted by molar-refractivity contribution is 7.98. The van der Waals surface area contributed by atoms with E-state index in [1.807, 2.05) is 0 Å². The molecule has 2 aromatic carbocycles. The van der Waals surface area contributed by atoms with Crippen molar-refractivity contribution in [2.24, 2.45) is 0 Å². The molecule has 0 unspecified atom stereocenters. The maximum Gasteiger partial charge on any atom is 0.335 e. The lowest BCUT2D eigenvalue weighted by Crippen LogP contribution is -1.98. The van der Waals surface area contributed by atoms with E-state index in [0.29, 0.717) is 10.5 Å². The Kier molecular flexibility index (Phi) is 4.16. The number of thioether (sulfide) groups is 1. The van der Waals surface area contributed by atoms with Crippen LogP contribution in [0.4, 0.5) is 8.78 Å². The van der Waals surface area contributed by atoms with Crippen LogP contribution < -0.4 is 0 Å². The second-order valence-corrected chi connectivity index (χ2v) is 4.85. The van der Waals surface area contributed by atoms with Crippen LogP contribution in [0.25, 0.3) is 0 Å². The monoisotopic (exact) mass is 280 g/mol. The number of rotatable bonds is 4. The number of carbonyl (C=O) groups is 1. The van der Waals surface area contributed by atoms with Gasteiger partial charge in [0.1, 0.15) is 11.6 Å². The van der Waals surface area contributed by atoms with Crippen LogP contribution in [-0.2, 0) is 5.75 Å². The lowest BCUT2D eigenvalue weighted by Gasteiger charge is -2.05. The van der Waals surface area contributed by atoms with Gasteiger partial charge in [0.15, 0.2) is 0 Å². The van der Waals surface area contributed by atoms with Gasteiger partial charge in [-0.1, -0.05) is 18.2 Å². The highest BCUT2D eigenvalue weighted by Crippen LogP contribution is 2.26. The summed E-state index contributed by atoms with van der Waals surface area (Å²) in [5.41, 5.74) is 0.246. The second kappa shape index (κ2) is 5.84. The van der Waals surface area contributed by atoms with Crippen LogP contribution in [0.5, 0.6) is 0 Å². The third-order valence-electron chi connectivity index (χ3n) is 2.52. The van der Waals surface area contributed by atoms with Crippen LogP contribution in [0, 0.1) is 11.6 Å². The van der Waals surface area contributed by atoms with Crippen LogP contribution in [0.1, 0.15) is 15.9 Å². The van der Waals surface area contributed by atoms with Gasteiger partial charge in [0, 0.05) is 10.6 Å². The molecule has 0 radical (unpaired) electrons. The van der Waals surface area contributed by atoms with Crippen LogP contribution in [0.2, 0.25) is 0 Å². The van der Waals surface area contributed by atoms with Crippen LogP contribution in [-0.4, -0.2) is 11.1 Å². The lowest BCUT2D eigenvalue weighted by atomic mass is 10.1. The minimum atomic E-state index is -1.17. The molecule has 0 heterocycles. The molecule has 5 heteroatoms. The average Bonchev–Trinajstić information content (AvgIpc) is 2.39. The van der Waals surface area contributed by atoms with Gasteiger partial charge in [-0.15, -0.1) is 11.8 Å². The quantitative estimate of drug-likeness (QED) is 0.861. The molecule has 19 heavy (non-hydrogen) atoms. The smallest absolute Gasteiger partial charge is 0.335 e. The fourth-order valence-corrected chi connectivity index (χ4v) is 2.44. The summed E-state index contributed by atoms with van der Waals surface area (Å²) >= 11 is 1.17. The zero-order valence-corrected chi connectivity index (χ0v) is 10.6. The predicted octanol–water partition coefficient (Wildman–Crippen LogP) is 3.96. The van der Waals surface area contributed by atoms with Crippen molar-refractivity contribution in [1.29, 1.82) is 0 Å². The van der Waals surface area contributed by atoms with E-state index < -0.39 is 11.8 Å².